The van der Waals surface area contributed by atoms with Crippen LogP contribution in [0.5, 0.6) is 0 Å². The van der Waals surface area contributed by atoms with Crippen molar-refractivity contribution in [1.29, 1.82) is 5.41 Å². The third kappa shape index (κ3) is 12.2. The monoisotopic (exact) mass is 617 g/mol. The Balaban J connectivity index is 2.67. The molecule has 0 radical (unpaired) electrons. The predicted molar refractivity (Wildman–Crippen MR) is 131 cm³/mol. The zero-order valence-electron chi connectivity index (χ0n) is 22.5. The number of Topliss-reactive ketones (excluding diaryl/α,β-unsaturated/α-hetero) is 1. The summed E-state index contributed by atoms with van der Waals surface area (Å²) < 4.78 is 90.1. The minimum atomic E-state index is -5.84. The number of rotatable bonds is 14. The van der Waals surface area contributed by atoms with E-state index < -0.39 is 65.4 Å². The number of alkyl halides is 6. The van der Waals surface area contributed by atoms with Gasteiger partial charge in [-0.3, -0.25) is 30.4 Å². The summed E-state index contributed by atoms with van der Waals surface area (Å²) in [4.78, 5) is 46.8. The van der Waals surface area contributed by atoms with Crippen LogP contribution < -0.4 is 16.0 Å². The number of amides is 2. The smallest absolute Gasteiger partial charge is 0.423 e. The summed E-state index contributed by atoms with van der Waals surface area (Å²) in [6, 6.07) is 3.54. The van der Waals surface area contributed by atoms with E-state index in [1.165, 1.54) is 38.1 Å². The number of carbonyl (C=O) groups is 3. The highest BCUT2D eigenvalue weighted by atomic mass is 19.4. The van der Waals surface area contributed by atoms with Crippen LogP contribution in [0.3, 0.4) is 0 Å². The van der Waals surface area contributed by atoms with Crippen molar-refractivity contribution in [3.05, 3.63) is 39.9 Å². The lowest BCUT2D eigenvalue weighted by Crippen LogP contribution is -2.52. The largest absolute Gasteiger partial charge is 0.444 e. The van der Waals surface area contributed by atoms with Gasteiger partial charge in [-0.25, -0.2) is 4.79 Å². The lowest BCUT2D eigenvalue weighted by atomic mass is 10.0. The molecular weight excluding hydrogens is 588 g/mol. The third-order valence-corrected chi connectivity index (χ3v) is 5.45. The van der Waals surface area contributed by atoms with Crippen molar-refractivity contribution in [3.63, 3.8) is 0 Å². The standard InChI is InChI=1S/C23H29F6N5O8/c1-21(2,40-3)18(36)32-15(16(35)12-41-17(22(24,25)26)23(27,28)29)5-4-10-31-19(30)33-20(37)42-11-13-6-8-14(9-7-13)34(38)39/h6-9,15,17H,4-5,10-12H2,1-3H3,(H,32,36)(H3,30,31,33,37)/t15-/m0/s1. The number of nitro groups is 1. The van der Waals surface area contributed by atoms with Gasteiger partial charge < -0.3 is 24.8 Å². The Morgan fingerprint density at radius 3 is 2.12 bits per heavy atom. The summed E-state index contributed by atoms with van der Waals surface area (Å²) in [5, 5.41) is 25.0. The van der Waals surface area contributed by atoms with Crippen LogP contribution in [0.15, 0.2) is 24.3 Å². The lowest BCUT2D eigenvalue weighted by Gasteiger charge is -2.27. The van der Waals surface area contributed by atoms with Crippen molar-refractivity contribution in [3.8, 4) is 0 Å². The van der Waals surface area contributed by atoms with Gasteiger partial charge in [0.05, 0.1) is 11.0 Å². The van der Waals surface area contributed by atoms with Crippen molar-refractivity contribution in [2.24, 2.45) is 0 Å². The first-order valence-corrected chi connectivity index (χ1v) is 11.9. The molecule has 0 saturated heterocycles. The molecule has 1 aromatic rings. The van der Waals surface area contributed by atoms with Crippen molar-refractivity contribution in [2.45, 2.75) is 63.4 Å². The molecule has 13 nitrogen and oxygen atoms in total. The summed E-state index contributed by atoms with van der Waals surface area (Å²) in [5.74, 6) is -2.72. The van der Waals surface area contributed by atoms with E-state index in [9.17, 15) is 50.8 Å². The molecule has 1 rings (SSSR count). The Kier molecular flexibility index (Phi) is 13.1. The maximum Gasteiger partial charge on any atom is 0.423 e. The number of hydrogen-bond acceptors (Lipinski definition) is 9. The molecule has 0 aliphatic heterocycles. The number of carbonyl (C=O) groups excluding carboxylic acids is 3. The molecule has 42 heavy (non-hydrogen) atoms. The van der Waals surface area contributed by atoms with Crippen LogP contribution >= 0.6 is 0 Å². The van der Waals surface area contributed by atoms with E-state index in [0.29, 0.717) is 5.56 Å². The van der Waals surface area contributed by atoms with Gasteiger partial charge in [-0.2, -0.15) is 26.3 Å². The Labute approximate surface area is 234 Å². The first kappa shape index (κ1) is 36.0. The number of hydrogen-bond donors (Lipinski definition) is 4. The van der Waals surface area contributed by atoms with Crippen LogP contribution in [0.2, 0.25) is 0 Å². The minimum absolute atomic E-state index is 0.0615. The van der Waals surface area contributed by atoms with Crippen molar-refractivity contribution in [1.82, 2.24) is 16.0 Å². The summed E-state index contributed by atoms with van der Waals surface area (Å²) in [5.41, 5.74) is -1.25. The van der Waals surface area contributed by atoms with Crippen LogP contribution in [0, 0.1) is 15.5 Å². The highest BCUT2D eigenvalue weighted by molar-refractivity contribution is 5.93. The molecule has 0 unspecified atom stereocenters. The van der Waals surface area contributed by atoms with E-state index in [0.717, 1.165) is 7.11 Å². The number of guanidine groups is 1. The minimum Gasteiger partial charge on any atom is -0.444 e. The zero-order valence-corrected chi connectivity index (χ0v) is 22.5. The molecular formula is C23H29F6N5O8. The maximum atomic E-state index is 12.7. The highest BCUT2D eigenvalue weighted by Crippen LogP contribution is 2.35. The summed E-state index contributed by atoms with van der Waals surface area (Å²) in [6.07, 6.45) is -17.3. The Bertz CT molecular complexity index is 1100. The molecule has 19 heteroatoms. The molecule has 1 aromatic carbocycles. The predicted octanol–water partition coefficient (Wildman–Crippen LogP) is 3.11. The fraction of sp³-hybridized carbons (Fsp3) is 0.565. The fourth-order valence-corrected chi connectivity index (χ4v) is 2.94. The average Bonchev–Trinajstić information content (AvgIpc) is 2.87. The van der Waals surface area contributed by atoms with Crippen LogP contribution in [0.4, 0.5) is 36.8 Å². The van der Waals surface area contributed by atoms with Gasteiger partial charge in [0.2, 0.25) is 6.10 Å². The number of nitro benzene ring substituents is 1. The SMILES string of the molecule is COC(C)(C)C(=O)N[C@@H](CCCNC(=N)NC(=O)OCc1ccc([N+](=O)[O-])cc1)C(=O)COC(C(F)(F)F)C(F)(F)F. The number of alkyl carbamates (subject to hydrolysis) is 1. The van der Waals surface area contributed by atoms with E-state index in [1.54, 1.807) is 0 Å². The molecule has 0 spiro atoms. The van der Waals surface area contributed by atoms with E-state index in [-0.39, 0.29) is 31.7 Å². The molecule has 4 N–H and O–H groups in total. The van der Waals surface area contributed by atoms with Gasteiger partial charge in [-0.1, -0.05) is 0 Å². The molecule has 2 amide bonds. The average molecular weight is 618 g/mol. The normalized spacial score (nSPS) is 12.8. The molecule has 0 bridgehead atoms. The number of nitrogens with zero attached hydrogens (tertiary/aromatic N) is 1. The number of halogens is 6. The Morgan fingerprint density at radius 2 is 1.62 bits per heavy atom. The van der Waals surface area contributed by atoms with Crippen molar-refractivity contribution >= 4 is 29.4 Å². The van der Waals surface area contributed by atoms with Crippen molar-refractivity contribution in [2.75, 3.05) is 20.3 Å². The molecule has 0 aliphatic carbocycles. The van der Waals surface area contributed by atoms with Gasteiger partial charge in [0, 0.05) is 25.8 Å². The zero-order chi connectivity index (χ0) is 32.3. The number of ketones is 1. The summed E-state index contributed by atoms with van der Waals surface area (Å²) >= 11 is 0. The fourth-order valence-electron chi connectivity index (χ4n) is 2.94. The molecule has 0 fully saturated rings. The molecule has 0 saturated carbocycles. The first-order valence-electron chi connectivity index (χ1n) is 11.9. The van der Waals surface area contributed by atoms with E-state index >= 15 is 0 Å². The summed E-state index contributed by atoms with van der Waals surface area (Å²) in [7, 11) is 1.16. The van der Waals surface area contributed by atoms with Gasteiger partial charge in [0.25, 0.3) is 11.6 Å². The number of ether oxygens (including phenoxy) is 3. The quantitative estimate of drug-likeness (QED) is 0.0609. The number of benzene rings is 1. The van der Waals surface area contributed by atoms with Gasteiger partial charge in [-0.05, 0) is 44.4 Å². The molecule has 1 atom stereocenters. The van der Waals surface area contributed by atoms with E-state index in [4.69, 9.17) is 14.9 Å². The van der Waals surface area contributed by atoms with Gasteiger partial charge in [0.15, 0.2) is 11.7 Å². The van der Waals surface area contributed by atoms with Crippen LogP contribution in [-0.2, 0) is 30.4 Å². The second kappa shape index (κ2) is 15.3. The second-order valence-corrected chi connectivity index (χ2v) is 9.05. The Morgan fingerprint density at radius 1 is 1.05 bits per heavy atom. The Hall–Kier alpha value is -4.00. The molecule has 0 aromatic heterocycles. The summed E-state index contributed by atoms with van der Waals surface area (Å²) in [6.45, 7) is 0.582. The van der Waals surface area contributed by atoms with E-state index in [1.807, 2.05) is 5.32 Å². The van der Waals surface area contributed by atoms with Crippen molar-refractivity contribution < 1.29 is 59.9 Å². The molecule has 0 aliphatic rings. The number of non-ortho nitro benzene ring substituents is 1. The van der Waals surface area contributed by atoms with Crippen LogP contribution in [0.1, 0.15) is 32.3 Å². The second-order valence-electron chi connectivity index (χ2n) is 9.05. The topological polar surface area (TPSA) is 182 Å². The number of methoxy groups -OCH3 is 1. The van der Waals surface area contributed by atoms with Gasteiger partial charge >= 0.3 is 18.4 Å². The maximum absolute atomic E-state index is 12.7. The van der Waals surface area contributed by atoms with Crippen LogP contribution in [-0.4, -0.2) is 79.0 Å². The highest BCUT2D eigenvalue weighted by Gasteiger charge is 2.58. The molecule has 0 heterocycles. The third-order valence-electron chi connectivity index (χ3n) is 5.45. The van der Waals surface area contributed by atoms with Gasteiger partial charge in [0.1, 0.15) is 18.8 Å². The van der Waals surface area contributed by atoms with E-state index in [2.05, 4.69) is 15.4 Å². The van der Waals surface area contributed by atoms with Crippen LogP contribution in [0.25, 0.3) is 0 Å². The number of nitrogens with one attached hydrogen (secondary N) is 4. The lowest BCUT2D eigenvalue weighted by molar-refractivity contribution is -0.384. The molecule has 236 valence electrons. The first-order chi connectivity index (χ1) is 19.3. The van der Waals surface area contributed by atoms with Gasteiger partial charge in [-0.15, -0.1) is 0 Å².